The van der Waals surface area contributed by atoms with Crippen molar-refractivity contribution in [1.29, 1.82) is 0 Å². The predicted octanol–water partition coefficient (Wildman–Crippen LogP) is 4.26. The monoisotopic (exact) mass is 223 g/mol. The maximum absolute atomic E-state index is 3.96. The minimum Gasteiger partial charge on any atom is -0.286 e. The molecule has 0 fully saturated rings. The maximum Gasteiger partial charge on any atom is 0.0546 e. The summed E-state index contributed by atoms with van der Waals surface area (Å²) in [6, 6.07) is 0. The molecule has 0 saturated carbocycles. The van der Waals surface area contributed by atoms with E-state index in [-0.39, 0.29) is 16.5 Å². The van der Waals surface area contributed by atoms with E-state index in [0.717, 1.165) is 6.54 Å². The van der Waals surface area contributed by atoms with Gasteiger partial charge in [-0.1, -0.05) is 39.8 Å². The molecule has 94 valence electrons. The van der Waals surface area contributed by atoms with Crippen LogP contribution in [0.5, 0.6) is 0 Å². The first-order valence-electron chi connectivity index (χ1n) is 6.11. The summed E-state index contributed by atoms with van der Waals surface area (Å²) in [4.78, 5) is 2.46. The minimum absolute atomic E-state index is 0.0822. The summed E-state index contributed by atoms with van der Waals surface area (Å²) in [7, 11) is 0. The van der Waals surface area contributed by atoms with Crippen LogP contribution in [-0.2, 0) is 0 Å². The summed E-state index contributed by atoms with van der Waals surface area (Å²) in [6.45, 7) is 24.7. The van der Waals surface area contributed by atoms with Gasteiger partial charge in [-0.25, -0.2) is 0 Å². The first-order chi connectivity index (χ1) is 7.06. The molecule has 0 aliphatic carbocycles. The topological polar surface area (TPSA) is 3.24 Å². The third kappa shape index (κ3) is 2.57. The van der Waals surface area contributed by atoms with Crippen LogP contribution in [0.15, 0.2) is 25.3 Å². The lowest BCUT2D eigenvalue weighted by Gasteiger charge is -2.53. The Hall–Kier alpha value is -0.560. The lowest BCUT2D eigenvalue weighted by Crippen LogP contribution is -2.60. The van der Waals surface area contributed by atoms with Crippen molar-refractivity contribution >= 4 is 0 Å². The summed E-state index contributed by atoms with van der Waals surface area (Å²) in [5, 5.41) is 0. The fourth-order valence-electron chi connectivity index (χ4n) is 2.05. The fourth-order valence-corrected chi connectivity index (χ4v) is 2.05. The van der Waals surface area contributed by atoms with Crippen LogP contribution >= 0.6 is 0 Å². The second kappa shape index (κ2) is 4.75. The number of rotatable bonds is 5. The number of nitrogens with zero attached hydrogens (tertiary/aromatic N) is 1. The van der Waals surface area contributed by atoms with Gasteiger partial charge in [-0.15, -0.1) is 13.2 Å². The third-order valence-electron chi connectivity index (χ3n) is 4.23. The van der Waals surface area contributed by atoms with Crippen LogP contribution in [-0.4, -0.2) is 22.5 Å². The molecule has 0 unspecified atom stereocenters. The molecule has 0 radical (unpaired) electrons. The summed E-state index contributed by atoms with van der Waals surface area (Å²) in [5.74, 6) is 0. The van der Waals surface area contributed by atoms with Gasteiger partial charge in [0.05, 0.1) is 5.54 Å². The Kier molecular flexibility index (Phi) is 4.58. The molecule has 1 heteroatoms. The molecule has 0 aliphatic rings. The van der Waals surface area contributed by atoms with Gasteiger partial charge in [-0.2, -0.15) is 0 Å². The first-order valence-corrected chi connectivity index (χ1v) is 6.11. The zero-order valence-corrected chi connectivity index (χ0v) is 12.2. The van der Waals surface area contributed by atoms with E-state index >= 15 is 0 Å². The van der Waals surface area contributed by atoms with Gasteiger partial charge in [0.25, 0.3) is 0 Å². The molecule has 0 heterocycles. The van der Waals surface area contributed by atoms with E-state index in [9.17, 15) is 0 Å². The Morgan fingerprint density at radius 2 is 1.31 bits per heavy atom. The number of hydrogen-bond acceptors (Lipinski definition) is 1. The van der Waals surface area contributed by atoms with Gasteiger partial charge in [0, 0.05) is 5.54 Å². The average molecular weight is 223 g/mol. The number of hydrogen-bond donors (Lipinski definition) is 0. The Morgan fingerprint density at radius 1 is 0.938 bits per heavy atom. The number of likely N-dealkylation sites (N-methyl/N-ethyl adjacent to an activating group) is 1. The van der Waals surface area contributed by atoms with E-state index in [1.54, 1.807) is 0 Å². The Morgan fingerprint density at radius 3 is 1.50 bits per heavy atom. The van der Waals surface area contributed by atoms with Gasteiger partial charge in [0.15, 0.2) is 0 Å². The summed E-state index contributed by atoms with van der Waals surface area (Å²) < 4.78 is 0. The van der Waals surface area contributed by atoms with Crippen LogP contribution in [0.4, 0.5) is 0 Å². The molecular formula is C15H29N. The Balaban J connectivity index is 5.45. The predicted molar refractivity (Wildman–Crippen MR) is 74.7 cm³/mol. The molecule has 0 aromatic rings. The van der Waals surface area contributed by atoms with Crippen LogP contribution in [0.25, 0.3) is 0 Å². The SMILES string of the molecule is C=CC(C)(C=C)N(CC)C(C)(C)C(C)(C)C. The zero-order chi connectivity index (χ0) is 13.2. The molecular weight excluding hydrogens is 194 g/mol. The third-order valence-corrected chi connectivity index (χ3v) is 4.23. The Bertz CT molecular complexity index is 247. The minimum atomic E-state index is -0.147. The van der Waals surface area contributed by atoms with Crippen molar-refractivity contribution in [2.75, 3.05) is 6.54 Å². The van der Waals surface area contributed by atoms with E-state index in [4.69, 9.17) is 0 Å². The highest BCUT2D eigenvalue weighted by Gasteiger charge is 2.43. The van der Waals surface area contributed by atoms with Crippen molar-refractivity contribution in [2.24, 2.45) is 5.41 Å². The van der Waals surface area contributed by atoms with E-state index in [1.807, 2.05) is 12.2 Å². The molecule has 0 N–H and O–H groups in total. The van der Waals surface area contributed by atoms with E-state index in [2.05, 4.69) is 66.5 Å². The summed E-state index contributed by atoms with van der Waals surface area (Å²) in [5.41, 5.74) is 0.140. The molecule has 16 heavy (non-hydrogen) atoms. The summed E-state index contributed by atoms with van der Waals surface area (Å²) >= 11 is 0. The molecule has 0 aromatic carbocycles. The van der Waals surface area contributed by atoms with Gasteiger partial charge >= 0.3 is 0 Å². The first kappa shape index (κ1) is 15.4. The Labute approximate surface area is 102 Å². The van der Waals surface area contributed by atoms with Crippen LogP contribution in [0.3, 0.4) is 0 Å². The van der Waals surface area contributed by atoms with Crippen LogP contribution in [0.1, 0.15) is 48.5 Å². The second-order valence-electron chi connectivity index (χ2n) is 6.19. The van der Waals surface area contributed by atoms with E-state index in [0.29, 0.717) is 0 Å². The lowest BCUT2D eigenvalue weighted by molar-refractivity contribution is -0.0140. The van der Waals surface area contributed by atoms with Crippen molar-refractivity contribution in [3.8, 4) is 0 Å². The molecule has 0 aliphatic heterocycles. The molecule has 0 spiro atoms. The maximum atomic E-state index is 3.96. The zero-order valence-electron chi connectivity index (χ0n) is 12.2. The molecule has 0 atom stereocenters. The van der Waals surface area contributed by atoms with Crippen molar-refractivity contribution < 1.29 is 0 Å². The molecule has 0 rings (SSSR count). The van der Waals surface area contributed by atoms with Gasteiger partial charge in [0.1, 0.15) is 0 Å². The smallest absolute Gasteiger partial charge is 0.0546 e. The summed E-state index contributed by atoms with van der Waals surface area (Å²) in [6.07, 6.45) is 3.97. The van der Waals surface area contributed by atoms with Crippen molar-refractivity contribution in [3.05, 3.63) is 25.3 Å². The molecule has 0 aromatic heterocycles. The van der Waals surface area contributed by atoms with Gasteiger partial charge < -0.3 is 0 Å². The fraction of sp³-hybridized carbons (Fsp3) is 0.733. The van der Waals surface area contributed by atoms with Crippen molar-refractivity contribution in [3.63, 3.8) is 0 Å². The van der Waals surface area contributed by atoms with Gasteiger partial charge in [-0.05, 0) is 32.7 Å². The van der Waals surface area contributed by atoms with E-state index < -0.39 is 0 Å². The molecule has 1 nitrogen and oxygen atoms in total. The highest BCUT2D eigenvalue weighted by molar-refractivity contribution is 5.16. The molecule has 0 saturated heterocycles. The quantitative estimate of drug-likeness (QED) is 0.629. The lowest BCUT2D eigenvalue weighted by atomic mass is 9.73. The van der Waals surface area contributed by atoms with Gasteiger partial charge in [-0.3, -0.25) is 4.90 Å². The highest BCUT2D eigenvalue weighted by atomic mass is 15.3. The molecule has 0 bridgehead atoms. The standard InChI is InChI=1S/C15H29N/c1-10-15(9,11-2)16(12-3)14(7,8)13(4,5)6/h10-11H,1-2,12H2,3-9H3. The van der Waals surface area contributed by atoms with Crippen LogP contribution in [0, 0.1) is 5.41 Å². The second-order valence-corrected chi connectivity index (χ2v) is 6.19. The van der Waals surface area contributed by atoms with Crippen LogP contribution in [0.2, 0.25) is 0 Å². The van der Waals surface area contributed by atoms with E-state index in [1.165, 1.54) is 0 Å². The van der Waals surface area contributed by atoms with Crippen molar-refractivity contribution in [1.82, 2.24) is 4.90 Å². The average Bonchev–Trinajstić information content (AvgIpc) is 2.16. The normalized spacial score (nSPS) is 14.0. The highest BCUT2D eigenvalue weighted by Crippen LogP contribution is 2.39. The van der Waals surface area contributed by atoms with Crippen LogP contribution < -0.4 is 0 Å². The molecule has 0 amide bonds. The largest absolute Gasteiger partial charge is 0.286 e. The van der Waals surface area contributed by atoms with Gasteiger partial charge in [0.2, 0.25) is 0 Å². The van der Waals surface area contributed by atoms with Crippen molar-refractivity contribution in [2.45, 2.75) is 59.5 Å².